The maximum absolute atomic E-state index is 12.4. The summed E-state index contributed by atoms with van der Waals surface area (Å²) >= 11 is 0. The van der Waals surface area contributed by atoms with Gasteiger partial charge in [-0.1, -0.05) is 5.16 Å². The lowest BCUT2D eigenvalue weighted by Gasteiger charge is -2.35. The van der Waals surface area contributed by atoms with E-state index < -0.39 is 0 Å². The second kappa shape index (κ2) is 6.23. The van der Waals surface area contributed by atoms with Gasteiger partial charge in [0.05, 0.1) is 7.11 Å². The van der Waals surface area contributed by atoms with Gasteiger partial charge < -0.3 is 19.1 Å². The van der Waals surface area contributed by atoms with E-state index in [1.807, 2.05) is 13.0 Å². The van der Waals surface area contributed by atoms with Crippen LogP contribution in [-0.4, -0.2) is 59.2 Å². The number of piperazine rings is 1. The van der Waals surface area contributed by atoms with Crippen molar-refractivity contribution < 1.29 is 14.1 Å². The number of hydrogen-bond acceptors (Lipinski definition) is 7. The average molecular weight is 317 g/mol. The van der Waals surface area contributed by atoms with E-state index in [9.17, 15) is 4.79 Å². The summed E-state index contributed by atoms with van der Waals surface area (Å²) in [6.07, 6.45) is 0. The first-order valence-electron chi connectivity index (χ1n) is 7.44. The Bertz CT molecular complexity index is 707. The fraction of sp³-hybridized carbons (Fsp3) is 0.467. The Morgan fingerprint density at radius 3 is 2.52 bits per heavy atom. The lowest BCUT2D eigenvalue weighted by Crippen LogP contribution is -2.49. The predicted octanol–water partition coefficient (Wildman–Crippen LogP) is 1.05. The summed E-state index contributed by atoms with van der Waals surface area (Å²) in [4.78, 5) is 24.9. The van der Waals surface area contributed by atoms with Gasteiger partial charge in [-0.3, -0.25) is 4.79 Å². The quantitative estimate of drug-likeness (QED) is 0.836. The summed E-state index contributed by atoms with van der Waals surface area (Å²) in [6, 6.07) is 3.47. The van der Waals surface area contributed by atoms with E-state index in [0.717, 1.165) is 5.82 Å². The molecular formula is C15H19N5O3. The van der Waals surface area contributed by atoms with Gasteiger partial charge in [-0.05, 0) is 13.8 Å². The Kier molecular flexibility index (Phi) is 4.14. The van der Waals surface area contributed by atoms with Crippen LogP contribution in [0.1, 0.15) is 22.1 Å². The van der Waals surface area contributed by atoms with Crippen molar-refractivity contribution in [3.63, 3.8) is 0 Å². The smallest absolute Gasteiger partial charge is 0.276 e. The third kappa shape index (κ3) is 3.25. The zero-order chi connectivity index (χ0) is 16.4. The summed E-state index contributed by atoms with van der Waals surface area (Å²) in [5.41, 5.74) is 0.357. The number of aryl methyl sites for hydroxylation is 2. The molecule has 1 amide bonds. The van der Waals surface area contributed by atoms with Gasteiger partial charge in [0.25, 0.3) is 5.91 Å². The molecule has 1 aliphatic rings. The maximum Gasteiger partial charge on any atom is 0.276 e. The molecule has 0 N–H and O–H groups in total. The summed E-state index contributed by atoms with van der Waals surface area (Å²) < 4.78 is 10.2. The van der Waals surface area contributed by atoms with Crippen LogP contribution in [0.25, 0.3) is 0 Å². The number of ether oxygens (including phenoxy) is 1. The van der Waals surface area contributed by atoms with Crippen molar-refractivity contribution in [3.8, 4) is 5.88 Å². The Morgan fingerprint density at radius 2 is 1.91 bits per heavy atom. The van der Waals surface area contributed by atoms with Crippen molar-refractivity contribution in [1.82, 2.24) is 20.0 Å². The largest absolute Gasteiger partial charge is 0.481 e. The third-order valence-corrected chi connectivity index (χ3v) is 3.75. The van der Waals surface area contributed by atoms with E-state index in [1.165, 1.54) is 0 Å². The number of hydrogen-bond donors (Lipinski definition) is 0. The highest BCUT2D eigenvalue weighted by atomic mass is 16.5. The van der Waals surface area contributed by atoms with Crippen LogP contribution < -0.4 is 9.64 Å². The Hall–Kier alpha value is -2.64. The van der Waals surface area contributed by atoms with E-state index >= 15 is 0 Å². The first kappa shape index (κ1) is 15.3. The Balaban J connectivity index is 1.66. The lowest BCUT2D eigenvalue weighted by molar-refractivity contribution is 0.0736. The van der Waals surface area contributed by atoms with Gasteiger partial charge in [0.2, 0.25) is 5.88 Å². The molecule has 1 aliphatic heterocycles. The van der Waals surface area contributed by atoms with Crippen LogP contribution in [-0.2, 0) is 0 Å². The zero-order valence-corrected chi connectivity index (χ0v) is 13.4. The number of methoxy groups -OCH3 is 1. The minimum absolute atomic E-state index is 0.0991. The first-order valence-corrected chi connectivity index (χ1v) is 7.44. The number of rotatable bonds is 3. The van der Waals surface area contributed by atoms with Gasteiger partial charge in [-0.2, -0.15) is 4.98 Å². The molecule has 0 aromatic carbocycles. The van der Waals surface area contributed by atoms with Crippen LogP contribution in [0.15, 0.2) is 16.7 Å². The molecule has 0 bridgehead atoms. The van der Waals surface area contributed by atoms with Crippen LogP contribution in [0.4, 0.5) is 5.82 Å². The van der Waals surface area contributed by atoms with E-state index in [1.54, 1.807) is 25.0 Å². The molecular weight excluding hydrogens is 298 g/mol. The SMILES string of the molecule is COc1cc(N2CCN(C(=O)c3cc(C)on3)CC2)nc(C)n1. The topological polar surface area (TPSA) is 84.6 Å². The molecule has 1 fully saturated rings. The van der Waals surface area contributed by atoms with Crippen LogP contribution in [0.3, 0.4) is 0 Å². The molecule has 8 nitrogen and oxygen atoms in total. The fourth-order valence-corrected chi connectivity index (χ4v) is 2.56. The second-order valence-corrected chi connectivity index (χ2v) is 5.42. The normalized spacial score (nSPS) is 14.9. The van der Waals surface area contributed by atoms with Crippen molar-refractivity contribution in [2.75, 3.05) is 38.2 Å². The molecule has 3 heterocycles. The fourth-order valence-electron chi connectivity index (χ4n) is 2.56. The average Bonchev–Trinajstić information content (AvgIpc) is 3.00. The maximum atomic E-state index is 12.4. The van der Waals surface area contributed by atoms with E-state index in [0.29, 0.717) is 49.3 Å². The van der Waals surface area contributed by atoms with Crippen molar-refractivity contribution >= 4 is 11.7 Å². The number of aromatic nitrogens is 3. The highest BCUT2D eigenvalue weighted by Crippen LogP contribution is 2.19. The van der Waals surface area contributed by atoms with E-state index in [-0.39, 0.29) is 5.91 Å². The molecule has 0 spiro atoms. The minimum Gasteiger partial charge on any atom is -0.481 e. The highest BCUT2D eigenvalue weighted by Gasteiger charge is 2.25. The molecule has 122 valence electrons. The van der Waals surface area contributed by atoms with Crippen molar-refractivity contribution in [1.29, 1.82) is 0 Å². The molecule has 0 saturated carbocycles. The number of carbonyl (C=O) groups is 1. The van der Waals surface area contributed by atoms with Crippen LogP contribution in [0.5, 0.6) is 5.88 Å². The number of carbonyl (C=O) groups excluding carboxylic acids is 1. The third-order valence-electron chi connectivity index (χ3n) is 3.75. The van der Waals surface area contributed by atoms with Crippen LogP contribution in [0.2, 0.25) is 0 Å². The number of anilines is 1. The van der Waals surface area contributed by atoms with Crippen LogP contribution >= 0.6 is 0 Å². The lowest BCUT2D eigenvalue weighted by atomic mass is 10.2. The highest BCUT2D eigenvalue weighted by molar-refractivity contribution is 5.92. The second-order valence-electron chi connectivity index (χ2n) is 5.42. The predicted molar refractivity (Wildman–Crippen MR) is 82.7 cm³/mol. The standard InChI is InChI=1S/C15H19N5O3/c1-10-8-12(18-23-10)15(21)20-6-4-19(5-7-20)13-9-14(22-3)17-11(2)16-13/h8-9H,4-7H2,1-3H3. The van der Waals surface area contributed by atoms with Gasteiger partial charge in [-0.15, -0.1) is 0 Å². The van der Waals surface area contributed by atoms with E-state index in [4.69, 9.17) is 9.26 Å². The molecule has 0 aliphatic carbocycles. The van der Waals surface area contributed by atoms with E-state index in [2.05, 4.69) is 20.0 Å². The summed E-state index contributed by atoms with van der Waals surface area (Å²) in [5, 5.41) is 3.79. The van der Waals surface area contributed by atoms with Crippen molar-refractivity contribution in [3.05, 3.63) is 29.4 Å². The van der Waals surface area contributed by atoms with Gasteiger partial charge in [0.1, 0.15) is 17.4 Å². The number of amides is 1. The monoisotopic (exact) mass is 317 g/mol. The molecule has 2 aromatic rings. The van der Waals surface area contributed by atoms with Gasteiger partial charge in [0.15, 0.2) is 5.69 Å². The van der Waals surface area contributed by atoms with Gasteiger partial charge in [-0.25, -0.2) is 4.98 Å². The molecule has 3 rings (SSSR count). The Morgan fingerprint density at radius 1 is 1.17 bits per heavy atom. The molecule has 0 atom stereocenters. The number of nitrogens with zero attached hydrogens (tertiary/aromatic N) is 5. The first-order chi connectivity index (χ1) is 11.1. The summed E-state index contributed by atoms with van der Waals surface area (Å²) in [7, 11) is 1.59. The van der Waals surface area contributed by atoms with Crippen molar-refractivity contribution in [2.24, 2.45) is 0 Å². The molecule has 1 saturated heterocycles. The summed E-state index contributed by atoms with van der Waals surface area (Å²) in [5.74, 6) is 2.56. The Labute approximate surface area is 134 Å². The molecule has 0 unspecified atom stereocenters. The van der Waals surface area contributed by atoms with Crippen LogP contribution in [0, 0.1) is 13.8 Å². The van der Waals surface area contributed by atoms with Gasteiger partial charge >= 0.3 is 0 Å². The van der Waals surface area contributed by atoms with Crippen molar-refractivity contribution in [2.45, 2.75) is 13.8 Å². The molecule has 0 radical (unpaired) electrons. The summed E-state index contributed by atoms with van der Waals surface area (Å²) in [6.45, 7) is 6.21. The molecule has 23 heavy (non-hydrogen) atoms. The zero-order valence-electron chi connectivity index (χ0n) is 13.4. The minimum atomic E-state index is -0.0991. The van der Waals surface area contributed by atoms with Gasteiger partial charge in [0, 0.05) is 38.3 Å². The molecule has 2 aromatic heterocycles. The molecule has 8 heteroatoms.